The number of rotatable bonds is 8. The SMILES string of the molecule is CCOc1c(Cl)cc(CNC(=O)C(C)C(N)c2ccccc2)cc1OC.Cl. The highest BCUT2D eigenvalue weighted by molar-refractivity contribution is 6.32. The summed E-state index contributed by atoms with van der Waals surface area (Å²) in [5, 5.41) is 3.35. The summed E-state index contributed by atoms with van der Waals surface area (Å²) >= 11 is 6.26. The summed E-state index contributed by atoms with van der Waals surface area (Å²) in [5.74, 6) is 0.562. The zero-order valence-electron chi connectivity index (χ0n) is 15.7. The molecule has 0 heterocycles. The Labute approximate surface area is 171 Å². The molecular weight excluding hydrogens is 387 g/mol. The quantitative estimate of drug-likeness (QED) is 0.683. The number of halogens is 2. The Bertz CT molecular complexity index is 742. The normalized spacial score (nSPS) is 12.5. The van der Waals surface area contributed by atoms with Crippen molar-refractivity contribution in [2.24, 2.45) is 11.7 Å². The minimum Gasteiger partial charge on any atom is -0.493 e. The predicted molar refractivity (Wildman–Crippen MR) is 111 cm³/mol. The Balaban J connectivity index is 0.00000364. The number of benzene rings is 2. The summed E-state index contributed by atoms with van der Waals surface area (Å²) < 4.78 is 10.8. The molecule has 0 bridgehead atoms. The first-order valence-corrected chi connectivity index (χ1v) is 8.93. The summed E-state index contributed by atoms with van der Waals surface area (Å²) in [7, 11) is 1.55. The molecule has 0 fully saturated rings. The Morgan fingerprint density at radius 2 is 1.93 bits per heavy atom. The number of nitrogens with two attached hydrogens (primary N) is 1. The molecule has 0 aliphatic carbocycles. The van der Waals surface area contributed by atoms with Crippen molar-refractivity contribution in [3.63, 3.8) is 0 Å². The van der Waals surface area contributed by atoms with Crippen LogP contribution in [0.4, 0.5) is 0 Å². The summed E-state index contributed by atoms with van der Waals surface area (Å²) in [5.41, 5.74) is 7.97. The fraction of sp³-hybridized carbons (Fsp3) is 0.350. The van der Waals surface area contributed by atoms with Gasteiger partial charge in [0, 0.05) is 12.6 Å². The van der Waals surface area contributed by atoms with Gasteiger partial charge in [-0.2, -0.15) is 0 Å². The molecule has 27 heavy (non-hydrogen) atoms. The Morgan fingerprint density at radius 3 is 2.52 bits per heavy atom. The third-order valence-electron chi connectivity index (χ3n) is 4.18. The van der Waals surface area contributed by atoms with Gasteiger partial charge in [0.05, 0.1) is 24.7 Å². The lowest BCUT2D eigenvalue weighted by Gasteiger charge is -2.20. The number of hydrogen-bond donors (Lipinski definition) is 2. The van der Waals surface area contributed by atoms with Crippen LogP contribution in [0.25, 0.3) is 0 Å². The first kappa shape index (κ1) is 23.1. The lowest BCUT2D eigenvalue weighted by Crippen LogP contribution is -2.35. The van der Waals surface area contributed by atoms with Gasteiger partial charge in [-0.05, 0) is 30.2 Å². The van der Waals surface area contributed by atoms with Crippen molar-refractivity contribution in [2.75, 3.05) is 13.7 Å². The van der Waals surface area contributed by atoms with Crippen molar-refractivity contribution < 1.29 is 14.3 Å². The van der Waals surface area contributed by atoms with Crippen LogP contribution in [0, 0.1) is 5.92 Å². The largest absolute Gasteiger partial charge is 0.493 e. The zero-order valence-corrected chi connectivity index (χ0v) is 17.3. The minimum absolute atomic E-state index is 0. The number of carbonyl (C=O) groups excluding carboxylic acids is 1. The first-order valence-electron chi connectivity index (χ1n) is 8.55. The molecule has 0 saturated heterocycles. The summed E-state index contributed by atoms with van der Waals surface area (Å²) in [6.45, 7) is 4.51. The summed E-state index contributed by atoms with van der Waals surface area (Å²) in [6.07, 6.45) is 0. The average Bonchev–Trinajstić information content (AvgIpc) is 2.67. The van der Waals surface area contributed by atoms with E-state index in [1.165, 1.54) is 0 Å². The number of hydrogen-bond acceptors (Lipinski definition) is 4. The minimum atomic E-state index is -0.366. The van der Waals surface area contributed by atoms with E-state index in [0.29, 0.717) is 29.7 Å². The van der Waals surface area contributed by atoms with Crippen molar-refractivity contribution >= 4 is 29.9 Å². The second kappa shape index (κ2) is 11.0. The van der Waals surface area contributed by atoms with Gasteiger partial charge in [0.25, 0.3) is 0 Å². The van der Waals surface area contributed by atoms with Gasteiger partial charge >= 0.3 is 0 Å². The van der Waals surface area contributed by atoms with Gasteiger partial charge in [-0.25, -0.2) is 0 Å². The van der Waals surface area contributed by atoms with Crippen LogP contribution in [-0.4, -0.2) is 19.6 Å². The van der Waals surface area contributed by atoms with E-state index in [1.54, 1.807) is 19.2 Å². The van der Waals surface area contributed by atoms with Crippen LogP contribution in [0.2, 0.25) is 5.02 Å². The van der Waals surface area contributed by atoms with Crippen molar-refractivity contribution in [1.29, 1.82) is 0 Å². The lowest BCUT2D eigenvalue weighted by atomic mass is 9.94. The lowest BCUT2D eigenvalue weighted by molar-refractivity contribution is -0.125. The molecule has 2 rings (SSSR count). The van der Waals surface area contributed by atoms with Gasteiger partial charge in [0.15, 0.2) is 11.5 Å². The Kier molecular flexibility index (Phi) is 9.43. The van der Waals surface area contributed by atoms with E-state index >= 15 is 0 Å². The van der Waals surface area contributed by atoms with Crippen molar-refractivity contribution in [3.8, 4) is 11.5 Å². The van der Waals surface area contributed by atoms with Crippen molar-refractivity contribution in [1.82, 2.24) is 5.32 Å². The molecule has 0 aromatic heterocycles. The number of amides is 1. The third-order valence-corrected chi connectivity index (χ3v) is 4.46. The summed E-state index contributed by atoms with van der Waals surface area (Å²) in [4.78, 5) is 12.5. The maximum atomic E-state index is 12.5. The molecular formula is C20H26Cl2N2O3. The maximum Gasteiger partial charge on any atom is 0.225 e. The standard InChI is InChI=1S/C20H25ClN2O3.ClH/c1-4-26-19-16(21)10-14(11-17(19)25-3)12-23-20(24)13(2)18(22)15-8-6-5-7-9-15;/h5-11,13,18H,4,12,22H2,1-3H3,(H,23,24);1H. The number of ether oxygens (including phenoxy) is 2. The molecule has 5 nitrogen and oxygen atoms in total. The van der Waals surface area contributed by atoms with Crippen LogP contribution >= 0.6 is 24.0 Å². The topological polar surface area (TPSA) is 73.6 Å². The highest BCUT2D eigenvalue weighted by Gasteiger charge is 2.22. The zero-order chi connectivity index (χ0) is 19.1. The van der Waals surface area contributed by atoms with Crippen LogP contribution in [0.5, 0.6) is 11.5 Å². The van der Waals surface area contributed by atoms with Crippen molar-refractivity contribution in [2.45, 2.75) is 26.4 Å². The van der Waals surface area contributed by atoms with E-state index in [4.69, 9.17) is 26.8 Å². The number of carbonyl (C=O) groups is 1. The second-order valence-corrected chi connectivity index (χ2v) is 6.39. The fourth-order valence-corrected chi connectivity index (χ4v) is 2.92. The number of nitrogens with one attached hydrogen (secondary N) is 1. The first-order chi connectivity index (χ1) is 12.5. The highest BCUT2D eigenvalue weighted by atomic mass is 35.5. The highest BCUT2D eigenvalue weighted by Crippen LogP contribution is 2.36. The van der Waals surface area contributed by atoms with Gasteiger partial charge in [0.2, 0.25) is 5.91 Å². The molecule has 2 unspecified atom stereocenters. The molecule has 1 amide bonds. The summed E-state index contributed by atoms with van der Waals surface area (Å²) in [6, 6.07) is 12.8. The van der Waals surface area contributed by atoms with Gasteiger partial charge in [-0.3, -0.25) is 4.79 Å². The molecule has 7 heteroatoms. The van der Waals surface area contributed by atoms with Crippen LogP contribution < -0.4 is 20.5 Å². The Morgan fingerprint density at radius 1 is 1.26 bits per heavy atom. The van der Waals surface area contributed by atoms with Gasteiger partial charge in [-0.1, -0.05) is 48.9 Å². The molecule has 3 N–H and O–H groups in total. The number of methoxy groups -OCH3 is 1. The maximum absolute atomic E-state index is 12.5. The van der Waals surface area contributed by atoms with Gasteiger partial charge < -0.3 is 20.5 Å². The second-order valence-electron chi connectivity index (χ2n) is 5.98. The smallest absolute Gasteiger partial charge is 0.225 e. The van der Waals surface area contributed by atoms with E-state index in [2.05, 4.69) is 5.32 Å². The molecule has 148 valence electrons. The predicted octanol–water partition coefficient (Wildman–Crippen LogP) is 4.12. The third kappa shape index (κ3) is 6.03. The van der Waals surface area contributed by atoms with Gasteiger partial charge in [0.1, 0.15) is 0 Å². The molecule has 0 saturated carbocycles. The molecule has 0 radical (unpaired) electrons. The van der Waals surface area contributed by atoms with Crippen LogP contribution in [-0.2, 0) is 11.3 Å². The van der Waals surface area contributed by atoms with Crippen LogP contribution in [0.3, 0.4) is 0 Å². The van der Waals surface area contributed by atoms with Crippen LogP contribution in [0.15, 0.2) is 42.5 Å². The Hall–Kier alpha value is -1.95. The van der Waals surface area contributed by atoms with Crippen molar-refractivity contribution in [3.05, 3.63) is 58.6 Å². The van der Waals surface area contributed by atoms with E-state index in [9.17, 15) is 4.79 Å². The molecule has 0 aliphatic heterocycles. The molecule has 0 spiro atoms. The van der Waals surface area contributed by atoms with E-state index < -0.39 is 0 Å². The molecule has 2 aromatic rings. The van der Waals surface area contributed by atoms with Crippen LogP contribution in [0.1, 0.15) is 31.0 Å². The van der Waals surface area contributed by atoms with E-state index in [1.807, 2.05) is 44.2 Å². The molecule has 2 atom stereocenters. The average molecular weight is 413 g/mol. The molecule has 0 aliphatic rings. The fourth-order valence-electron chi connectivity index (χ4n) is 2.64. The van der Waals surface area contributed by atoms with E-state index in [-0.39, 0.29) is 30.3 Å². The van der Waals surface area contributed by atoms with Gasteiger partial charge in [-0.15, -0.1) is 12.4 Å². The monoisotopic (exact) mass is 412 g/mol. The molecule has 2 aromatic carbocycles. The van der Waals surface area contributed by atoms with E-state index in [0.717, 1.165) is 11.1 Å².